The van der Waals surface area contributed by atoms with Crippen molar-refractivity contribution in [2.75, 3.05) is 19.9 Å². The van der Waals surface area contributed by atoms with Crippen LogP contribution in [0.1, 0.15) is 24.2 Å². The molecule has 1 amide bonds. The van der Waals surface area contributed by atoms with E-state index in [4.69, 9.17) is 9.47 Å². The Labute approximate surface area is 198 Å². The second-order valence-corrected chi connectivity index (χ2v) is 8.71. The van der Waals surface area contributed by atoms with Crippen molar-refractivity contribution >= 4 is 17.7 Å². The standard InChI is InChI=1S/C23H23F3N4O3S/c1-29(16-6-7-16)21(31)14-34-22-28-27-20(13-33-19-10-8-18(32-2)9-11-19)30(22)17-5-3-4-15(12-17)23(24,25)26/h3-5,8-12,16H,6-7,13-14H2,1-2H3. The second-order valence-electron chi connectivity index (χ2n) is 7.77. The molecule has 4 rings (SSSR count). The van der Waals surface area contributed by atoms with Crippen molar-refractivity contribution in [3.63, 3.8) is 0 Å². The van der Waals surface area contributed by atoms with Crippen LogP contribution in [0.15, 0.2) is 53.7 Å². The predicted octanol–water partition coefficient (Wildman–Crippen LogP) is 4.59. The summed E-state index contributed by atoms with van der Waals surface area (Å²) in [6.07, 6.45) is -2.53. The number of hydrogen-bond acceptors (Lipinski definition) is 6. The van der Waals surface area contributed by atoms with Crippen LogP contribution in [0.2, 0.25) is 0 Å². The number of methoxy groups -OCH3 is 1. The molecule has 0 unspecified atom stereocenters. The zero-order valence-corrected chi connectivity index (χ0v) is 19.4. The summed E-state index contributed by atoms with van der Waals surface area (Å²) in [6.45, 7) is -0.0357. The number of ether oxygens (including phenoxy) is 2. The van der Waals surface area contributed by atoms with Gasteiger partial charge in [0.05, 0.1) is 24.1 Å². The van der Waals surface area contributed by atoms with Crippen molar-refractivity contribution in [2.24, 2.45) is 0 Å². The van der Waals surface area contributed by atoms with Crippen LogP contribution in [0.3, 0.4) is 0 Å². The third kappa shape index (κ3) is 5.64. The summed E-state index contributed by atoms with van der Waals surface area (Å²) in [7, 11) is 3.31. The molecule has 0 N–H and O–H groups in total. The van der Waals surface area contributed by atoms with Gasteiger partial charge in [-0.25, -0.2) is 0 Å². The van der Waals surface area contributed by atoms with Crippen LogP contribution in [0.25, 0.3) is 5.69 Å². The van der Waals surface area contributed by atoms with E-state index in [-0.39, 0.29) is 30.0 Å². The zero-order chi connectivity index (χ0) is 24.3. The number of alkyl halides is 3. The molecule has 0 bridgehead atoms. The third-order valence-electron chi connectivity index (χ3n) is 5.37. The lowest BCUT2D eigenvalue weighted by Crippen LogP contribution is -2.30. The SMILES string of the molecule is COc1ccc(OCc2nnc(SCC(=O)N(C)C3CC3)n2-c2cccc(C(F)(F)F)c2)cc1. The highest BCUT2D eigenvalue weighted by Gasteiger charge is 2.32. The van der Waals surface area contributed by atoms with Crippen LogP contribution >= 0.6 is 11.8 Å². The number of aromatic nitrogens is 3. The van der Waals surface area contributed by atoms with Gasteiger partial charge >= 0.3 is 6.18 Å². The molecular formula is C23H23F3N4O3S. The molecular weight excluding hydrogens is 469 g/mol. The summed E-state index contributed by atoms with van der Waals surface area (Å²) >= 11 is 1.13. The Morgan fingerprint density at radius 3 is 2.50 bits per heavy atom. The normalized spacial score (nSPS) is 13.6. The number of rotatable bonds is 9. The molecule has 0 atom stereocenters. The number of carbonyl (C=O) groups is 1. The summed E-state index contributed by atoms with van der Waals surface area (Å²) in [5, 5.41) is 8.59. The Balaban J connectivity index is 1.59. The molecule has 0 spiro atoms. The maximum atomic E-state index is 13.3. The lowest BCUT2D eigenvalue weighted by molar-refractivity contribution is -0.137. The first-order valence-electron chi connectivity index (χ1n) is 10.5. The summed E-state index contributed by atoms with van der Waals surface area (Å²) in [4.78, 5) is 14.2. The first kappa shape index (κ1) is 23.9. The number of carbonyl (C=O) groups excluding carboxylic acids is 1. The molecule has 11 heteroatoms. The van der Waals surface area contributed by atoms with Crippen LogP contribution in [-0.4, -0.2) is 51.5 Å². The predicted molar refractivity (Wildman–Crippen MR) is 120 cm³/mol. The molecule has 1 aromatic heterocycles. The fourth-order valence-electron chi connectivity index (χ4n) is 3.28. The first-order chi connectivity index (χ1) is 16.3. The van der Waals surface area contributed by atoms with Crippen molar-refractivity contribution in [3.05, 3.63) is 59.9 Å². The minimum atomic E-state index is -4.50. The maximum absolute atomic E-state index is 13.3. The Kier molecular flexibility index (Phi) is 7.01. The molecule has 1 aliphatic carbocycles. The number of halogens is 3. The van der Waals surface area contributed by atoms with Crippen LogP contribution in [-0.2, 0) is 17.6 Å². The topological polar surface area (TPSA) is 69.5 Å². The van der Waals surface area contributed by atoms with E-state index in [9.17, 15) is 18.0 Å². The average molecular weight is 493 g/mol. The summed E-state index contributed by atoms with van der Waals surface area (Å²) < 4.78 is 52.4. The first-order valence-corrected chi connectivity index (χ1v) is 11.5. The Morgan fingerprint density at radius 2 is 1.85 bits per heavy atom. The molecule has 1 aliphatic rings. The van der Waals surface area contributed by atoms with Crippen LogP contribution < -0.4 is 9.47 Å². The van der Waals surface area contributed by atoms with Gasteiger partial charge in [0, 0.05) is 13.1 Å². The van der Waals surface area contributed by atoms with Crippen molar-refractivity contribution in [1.82, 2.24) is 19.7 Å². The van der Waals surface area contributed by atoms with E-state index in [1.54, 1.807) is 43.3 Å². The number of nitrogens with zero attached hydrogens (tertiary/aromatic N) is 4. The fourth-order valence-corrected chi connectivity index (χ4v) is 4.18. The number of amides is 1. The molecule has 1 saturated carbocycles. The van der Waals surface area contributed by atoms with Gasteiger partial charge in [0.2, 0.25) is 5.91 Å². The van der Waals surface area contributed by atoms with E-state index in [0.717, 1.165) is 36.7 Å². The number of thioether (sulfide) groups is 1. The van der Waals surface area contributed by atoms with Crippen molar-refractivity contribution < 1.29 is 27.4 Å². The lowest BCUT2D eigenvalue weighted by Gasteiger charge is -2.16. The highest BCUT2D eigenvalue weighted by Crippen LogP contribution is 2.32. The largest absolute Gasteiger partial charge is 0.497 e. The van der Waals surface area contributed by atoms with Crippen LogP contribution in [0.4, 0.5) is 13.2 Å². The van der Waals surface area contributed by atoms with E-state index < -0.39 is 11.7 Å². The molecule has 0 aliphatic heterocycles. The minimum Gasteiger partial charge on any atom is -0.497 e. The average Bonchev–Trinajstić information content (AvgIpc) is 3.60. The fraction of sp³-hybridized carbons (Fsp3) is 0.348. The van der Waals surface area contributed by atoms with Crippen LogP contribution in [0.5, 0.6) is 11.5 Å². The molecule has 180 valence electrons. The zero-order valence-electron chi connectivity index (χ0n) is 18.6. The van der Waals surface area contributed by atoms with Gasteiger partial charge in [-0.2, -0.15) is 13.2 Å². The van der Waals surface area contributed by atoms with E-state index in [1.807, 2.05) is 0 Å². The maximum Gasteiger partial charge on any atom is 0.416 e. The molecule has 1 fully saturated rings. The monoisotopic (exact) mass is 492 g/mol. The van der Waals surface area contributed by atoms with Gasteiger partial charge in [-0.1, -0.05) is 17.8 Å². The Morgan fingerprint density at radius 1 is 1.15 bits per heavy atom. The molecule has 1 heterocycles. The van der Waals surface area contributed by atoms with Gasteiger partial charge in [-0.05, 0) is 55.3 Å². The minimum absolute atomic E-state index is 0.0357. The van der Waals surface area contributed by atoms with Gasteiger partial charge in [-0.15, -0.1) is 10.2 Å². The van der Waals surface area contributed by atoms with Crippen LogP contribution in [0, 0.1) is 0 Å². The molecule has 34 heavy (non-hydrogen) atoms. The Hall–Kier alpha value is -3.21. The van der Waals surface area contributed by atoms with Gasteiger partial charge < -0.3 is 14.4 Å². The van der Waals surface area contributed by atoms with Gasteiger partial charge in [-0.3, -0.25) is 9.36 Å². The number of benzene rings is 2. The van der Waals surface area contributed by atoms with E-state index in [0.29, 0.717) is 22.5 Å². The van der Waals surface area contributed by atoms with Crippen molar-refractivity contribution in [3.8, 4) is 17.2 Å². The molecule has 7 nitrogen and oxygen atoms in total. The lowest BCUT2D eigenvalue weighted by atomic mass is 10.2. The Bertz CT molecular complexity index is 1150. The summed E-state index contributed by atoms with van der Waals surface area (Å²) in [5.41, 5.74) is -0.556. The second kappa shape index (κ2) is 9.96. The molecule has 3 aromatic rings. The van der Waals surface area contributed by atoms with E-state index in [2.05, 4.69) is 10.2 Å². The van der Waals surface area contributed by atoms with Gasteiger partial charge in [0.25, 0.3) is 0 Å². The summed E-state index contributed by atoms with van der Waals surface area (Å²) in [5.74, 6) is 1.54. The highest BCUT2D eigenvalue weighted by atomic mass is 32.2. The third-order valence-corrected chi connectivity index (χ3v) is 6.29. The molecule has 0 radical (unpaired) electrons. The molecule has 2 aromatic carbocycles. The van der Waals surface area contributed by atoms with Gasteiger partial charge in [0.15, 0.2) is 11.0 Å². The van der Waals surface area contributed by atoms with E-state index >= 15 is 0 Å². The highest BCUT2D eigenvalue weighted by molar-refractivity contribution is 7.99. The van der Waals surface area contributed by atoms with E-state index in [1.165, 1.54) is 16.7 Å². The van der Waals surface area contributed by atoms with Gasteiger partial charge in [0.1, 0.15) is 18.1 Å². The number of hydrogen-bond donors (Lipinski definition) is 0. The van der Waals surface area contributed by atoms with Crippen molar-refractivity contribution in [1.29, 1.82) is 0 Å². The molecule has 0 saturated heterocycles. The van der Waals surface area contributed by atoms with Crippen molar-refractivity contribution in [2.45, 2.75) is 36.8 Å². The quantitative estimate of drug-likeness (QED) is 0.407. The summed E-state index contributed by atoms with van der Waals surface area (Å²) in [6, 6.07) is 12.1. The smallest absolute Gasteiger partial charge is 0.416 e.